The van der Waals surface area contributed by atoms with Gasteiger partial charge in [-0.05, 0) is 32.0 Å². The normalized spacial score (nSPS) is 16.9. The molecule has 2 rings (SSSR count). The fourth-order valence-electron chi connectivity index (χ4n) is 2.23. The molecular formula is C13H17FN2O2. The topological polar surface area (TPSA) is 52.6 Å². The molecule has 0 bridgehead atoms. The van der Waals surface area contributed by atoms with Crippen molar-refractivity contribution in [3.63, 3.8) is 0 Å². The summed E-state index contributed by atoms with van der Waals surface area (Å²) in [7, 11) is 1.91. The summed E-state index contributed by atoms with van der Waals surface area (Å²) in [6.45, 7) is 1.31. The van der Waals surface area contributed by atoms with E-state index in [1.165, 1.54) is 12.1 Å². The summed E-state index contributed by atoms with van der Waals surface area (Å²) in [5.74, 6) is -1.07. The van der Waals surface area contributed by atoms with Crippen LogP contribution in [0.15, 0.2) is 18.2 Å². The number of hydrogen-bond acceptors (Lipinski definition) is 3. The highest BCUT2D eigenvalue weighted by Crippen LogP contribution is 2.21. The highest BCUT2D eigenvalue weighted by molar-refractivity contribution is 5.96. The van der Waals surface area contributed by atoms with Crippen molar-refractivity contribution < 1.29 is 14.3 Å². The third-order valence-corrected chi connectivity index (χ3v) is 3.38. The number of likely N-dealkylation sites (tertiary alicyclic amines) is 1. The van der Waals surface area contributed by atoms with Gasteiger partial charge in [0.2, 0.25) is 0 Å². The molecule has 1 aromatic rings. The van der Waals surface area contributed by atoms with Crippen molar-refractivity contribution in [1.29, 1.82) is 0 Å². The number of halogens is 1. The average molecular weight is 252 g/mol. The van der Waals surface area contributed by atoms with E-state index < -0.39 is 5.82 Å². The van der Waals surface area contributed by atoms with Crippen LogP contribution in [0.25, 0.3) is 0 Å². The zero-order valence-electron chi connectivity index (χ0n) is 10.3. The van der Waals surface area contributed by atoms with Gasteiger partial charge in [-0.15, -0.1) is 0 Å². The first-order valence-corrected chi connectivity index (χ1v) is 6.07. The minimum Gasteiger partial charge on any atom is -0.507 e. The summed E-state index contributed by atoms with van der Waals surface area (Å²) in [4.78, 5) is 13.8. The minimum absolute atomic E-state index is 0.166. The molecule has 0 aromatic heterocycles. The van der Waals surface area contributed by atoms with Gasteiger partial charge in [-0.1, -0.05) is 0 Å². The molecule has 98 valence electrons. The highest BCUT2D eigenvalue weighted by Gasteiger charge is 2.24. The average Bonchev–Trinajstić information content (AvgIpc) is 2.38. The van der Waals surface area contributed by atoms with Crippen LogP contribution in [0.5, 0.6) is 5.75 Å². The van der Waals surface area contributed by atoms with E-state index in [9.17, 15) is 14.3 Å². The van der Waals surface area contributed by atoms with Crippen LogP contribution in [0, 0.1) is 5.82 Å². The number of hydrogen-bond donors (Lipinski definition) is 2. The molecule has 1 fully saturated rings. The lowest BCUT2D eigenvalue weighted by molar-refractivity contribution is 0.0704. The Morgan fingerprint density at radius 2 is 2.11 bits per heavy atom. The Kier molecular flexibility index (Phi) is 3.81. The lowest BCUT2D eigenvalue weighted by Crippen LogP contribution is -2.43. The zero-order chi connectivity index (χ0) is 13.1. The van der Waals surface area contributed by atoms with Crippen LogP contribution >= 0.6 is 0 Å². The molecule has 1 aliphatic heterocycles. The molecule has 0 saturated carbocycles. The molecule has 0 aliphatic carbocycles. The predicted octanol–water partition coefficient (Wildman–Crippen LogP) is 1.36. The monoisotopic (exact) mass is 252 g/mol. The number of carbonyl (C=O) groups is 1. The van der Waals surface area contributed by atoms with Crippen LogP contribution in [0.2, 0.25) is 0 Å². The molecule has 5 heteroatoms. The van der Waals surface area contributed by atoms with Gasteiger partial charge in [0.25, 0.3) is 5.91 Å². The number of aromatic hydroxyl groups is 1. The van der Waals surface area contributed by atoms with Gasteiger partial charge >= 0.3 is 0 Å². The van der Waals surface area contributed by atoms with Crippen molar-refractivity contribution in [3.05, 3.63) is 29.6 Å². The highest BCUT2D eigenvalue weighted by atomic mass is 19.1. The SMILES string of the molecule is CNC1CCN(C(=O)c2ccc(F)cc2O)CC1. The maximum Gasteiger partial charge on any atom is 0.257 e. The number of rotatable bonds is 2. The smallest absolute Gasteiger partial charge is 0.257 e. The van der Waals surface area contributed by atoms with Crippen molar-refractivity contribution in [2.75, 3.05) is 20.1 Å². The Morgan fingerprint density at radius 1 is 1.44 bits per heavy atom. The van der Waals surface area contributed by atoms with Gasteiger partial charge in [-0.3, -0.25) is 4.79 Å². The van der Waals surface area contributed by atoms with Crippen LogP contribution in [0.3, 0.4) is 0 Å². The number of piperidine rings is 1. The number of nitrogens with zero attached hydrogens (tertiary/aromatic N) is 1. The Morgan fingerprint density at radius 3 is 2.67 bits per heavy atom. The predicted molar refractivity (Wildman–Crippen MR) is 66.1 cm³/mol. The summed E-state index contributed by atoms with van der Waals surface area (Å²) in [5.41, 5.74) is 0.166. The van der Waals surface area contributed by atoms with Crippen molar-refractivity contribution in [1.82, 2.24) is 10.2 Å². The third kappa shape index (κ3) is 2.61. The second kappa shape index (κ2) is 5.35. The molecular weight excluding hydrogens is 235 g/mol. The van der Waals surface area contributed by atoms with E-state index in [-0.39, 0.29) is 17.2 Å². The summed E-state index contributed by atoms with van der Waals surface area (Å²) in [6, 6.07) is 3.92. The molecule has 0 radical (unpaired) electrons. The first kappa shape index (κ1) is 12.8. The van der Waals surface area contributed by atoms with Gasteiger partial charge in [-0.25, -0.2) is 4.39 Å². The van der Waals surface area contributed by atoms with E-state index in [1.807, 2.05) is 7.05 Å². The molecule has 0 unspecified atom stereocenters. The Balaban J connectivity index is 2.08. The molecule has 1 aliphatic rings. The van der Waals surface area contributed by atoms with Crippen molar-refractivity contribution in [2.24, 2.45) is 0 Å². The molecule has 1 amide bonds. The lowest BCUT2D eigenvalue weighted by atomic mass is 10.0. The maximum atomic E-state index is 12.9. The molecule has 4 nitrogen and oxygen atoms in total. The molecule has 1 aromatic carbocycles. The van der Waals surface area contributed by atoms with Gasteiger partial charge in [0.1, 0.15) is 11.6 Å². The summed E-state index contributed by atoms with van der Waals surface area (Å²) in [5, 5.41) is 12.8. The fraction of sp³-hybridized carbons (Fsp3) is 0.462. The van der Waals surface area contributed by atoms with E-state index in [1.54, 1.807) is 4.90 Å². The van der Waals surface area contributed by atoms with Gasteiger partial charge in [0.05, 0.1) is 5.56 Å². The number of nitrogens with one attached hydrogen (secondary N) is 1. The standard InChI is InChI=1S/C13H17FN2O2/c1-15-10-4-6-16(7-5-10)13(18)11-3-2-9(14)8-12(11)17/h2-3,8,10,15,17H,4-7H2,1H3. The van der Waals surface area contributed by atoms with Crippen LogP contribution in [0.1, 0.15) is 23.2 Å². The summed E-state index contributed by atoms with van der Waals surface area (Å²) < 4.78 is 12.9. The number of amides is 1. The van der Waals surface area contributed by atoms with Gasteiger partial charge < -0.3 is 15.3 Å². The van der Waals surface area contributed by atoms with Gasteiger partial charge in [0, 0.05) is 25.2 Å². The largest absolute Gasteiger partial charge is 0.507 e. The van der Waals surface area contributed by atoms with Crippen LogP contribution in [0.4, 0.5) is 4.39 Å². The van der Waals surface area contributed by atoms with Crippen LogP contribution in [-0.4, -0.2) is 42.1 Å². The number of benzene rings is 1. The van der Waals surface area contributed by atoms with E-state index in [0.29, 0.717) is 19.1 Å². The van der Waals surface area contributed by atoms with Crippen LogP contribution in [-0.2, 0) is 0 Å². The first-order valence-electron chi connectivity index (χ1n) is 6.07. The summed E-state index contributed by atoms with van der Waals surface area (Å²) in [6.07, 6.45) is 1.79. The van der Waals surface area contributed by atoms with Crippen molar-refractivity contribution in [3.8, 4) is 5.75 Å². The Hall–Kier alpha value is -1.62. The number of carbonyl (C=O) groups excluding carboxylic acids is 1. The van der Waals surface area contributed by atoms with Crippen LogP contribution < -0.4 is 5.32 Å². The minimum atomic E-state index is -0.544. The second-order valence-corrected chi connectivity index (χ2v) is 4.52. The molecule has 0 spiro atoms. The molecule has 1 heterocycles. The molecule has 1 saturated heterocycles. The number of phenols is 1. The van der Waals surface area contributed by atoms with Gasteiger partial charge in [-0.2, -0.15) is 0 Å². The van der Waals surface area contributed by atoms with E-state index in [4.69, 9.17) is 0 Å². The quantitative estimate of drug-likeness (QED) is 0.835. The van der Waals surface area contributed by atoms with E-state index >= 15 is 0 Å². The fourth-order valence-corrected chi connectivity index (χ4v) is 2.23. The molecule has 0 atom stereocenters. The van der Waals surface area contributed by atoms with E-state index in [0.717, 1.165) is 18.9 Å². The van der Waals surface area contributed by atoms with Crippen molar-refractivity contribution in [2.45, 2.75) is 18.9 Å². The summed E-state index contributed by atoms with van der Waals surface area (Å²) >= 11 is 0. The second-order valence-electron chi connectivity index (χ2n) is 4.52. The molecule has 2 N–H and O–H groups in total. The zero-order valence-corrected chi connectivity index (χ0v) is 10.3. The molecule has 18 heavy (non-hydrogen) atoms. The Bertz CT molecular complexity index is 443. The lowest BCUT2D eigenvalue weighted by Gasteiger charge is -2.32. The number of phenolic OH excluding ortho intramolecular Hbond substituents is 1. The maximum absolute atomic E-state index is 12.9. The van der Waals surface area contributed by atoms with Gasteiger partial charge in [0.15, 0.2) is 0 Å². The van der Waals surface area contributed by atoms with Crippen molar-refractivity contribution >= 4 is 5.91 Å². The first-order chi connectivity index (χ1) is 8.61. The van der Waals surface area contributed by atoms with E-state index in [2.05, 4.69) is 5.32 Å². The Labute approximate surface area is 105 Å². The third-order valence-electron chi connectivity index (χ3n) is 3.38.